The van der Waals surface area contributed by atoms with Gasteiger partial charge in [0.25, 0.3) is 0 Å². The molecule has 0 radical (unpaired) electrons. The molecule has 0 amide bonds. The fourth-order valence-corrected chi connectivity index (χ4v) is 5.22. The van der Waals surface area contributed by atoms with E-state index in [-0.39, 0.29) is 22.9 Å². The van der Waals surface area contributed by atoms with Crippen LogP contribution < -0.4 is 11.1 Å². The normalized spacial score (nSPS) is 10.8. The van der Waals surface area contributed by atoms with Crippen LogP contribution in [0.25, 0.3) is 21.8 Å². The van der Waals surface area contributed by atoms with Gasteiger partial charge >= 0.3 is 0 Å². The summed E-state index contributed by atoms with van der Waals surface area (Å²) in [5, 5.41) is 25.2. The Balaban J connectivity index is 0.000000168. The smallest absolute Gasteiger partial charge is 0.152 e. The zero-order chi connectivity index (χ0) is 39.2. The van der Waals surface area contributed by atoms with E-state index in [4.69, 9.17) is 5.73 Å². The molecule has 12 heteroatoms. The molecule has 0 saturated carbocycles. The van der Waals surface area contributed by atoms with Gasteiger partial charge in [-0.3, -0.25) is 14.8 Å². The first-order valence-electron chi connectivity index (χ1n) is 16.7. The number of carbonyl (C=O) groups is 1. The Kier molecular flexibility index (Phi) is 13.4. The molecule has 0 aliphatic rings. The number of anilines is 2. The number of nitrogens with zero attached hydrogens (tertiary/aromatic N) is 4. The molecule has 8 aromatic rings. The number of nitrogens with one attached hydrogen (secondary N) is 1. The van der Waals surface area contributed by atoms with Crippen molar-refractivity contribution in [2.24, 2.45) is 0 Å². The lowest BCUT2D eigenvalue weighted by atomic mass is 9.95. The van der Waals surface area contributed by atoms with Gasteiger partial charge in [-0.1, -0.05) is 60.7 Å². The molecule has 9 nitrogen and oxygen atoms in total. The average Bonchev–Trinajstić information content (AvgIpc) is 3.19. The van der Waals surface area contributed by atoms with Crippen molar-refractivity contribution in [3.8, 4) is 11.5 Å². The van der Waals surface area contributed by atoms with E-state index >= 15 is 0 Å². The van der Waals surface area contributed by atoms with E-state index in [1.54, 1.807) is 61.2 Å². The number of nitrogens with two attached hydrogens (primary N) is 1. The molecule has 0 aliphatic heterocycles. The topological polar surface area (TPSA) is 147 Å². The van der Waals surface area contributed by atoms with Gasteiger partial charge in [0.1, 0.15) is 51.6 Å². The van der Waals surface area contributed by atoms with E-state index in [1.165, 1.54) is 6.07 Å². The zero-order valence-corrected chi connectivity index (χ0v) is 29.4. The van der Waals surface area contributed by atoms with Crippen LogP contribution in [0.15, 0.2) is 152 Å². The minimum atomic E-state index is -0.824. The molecule has 0 saturated heterocycles. The number of fused-ring (bicyclic) bond motifs is 2. The van der Waals surface area contributed by atoms with Gasteiger partial charge in [0.15, 0.2) is 6.29 Å². The number of phenolic OH excluding ortho intramolecular Hbond substituents is 2. The quantitative estimate of drug-likeness (QED) is 0.127. The third kappa shape index (κ3) is 10.6. The minimum Gasteiger partial charge on any atom is -0.506 e. The molecular weight excluding hydrogens is 706 g/mol. The number of aryl methyl sites for hydroxylation is 1. The summed E-state index contributed by atoms with van der Waals surface area (Å²) < 4.78 is 39.3. The Bertz CT molecular complexity index is 2490. The molecule has 0 aliphatic carbocycles. The highest BCUT2D eigenvalue weighted by atomic mass is 19.1. The van der Waals surface area contributed by atoms with Gasteiger partial charge in [-0.2, -0.15) is 0 Å². The number of pyridine rings is 4. The summed E-state index contributed by atoms with van der Waals surface area (Å²) >= 11 is 0. The number of nitrogen functional groups attached to an aromatic ring is 1. The second-order valence-electron chi connectivity index (χ2n) is 11.8. The van der Waals surface area contributed by atoms with E-state index in [1.807, 2.05) is 73.7 Å². The molecule has 4 aromatic carbocycles. The van der Waals surface area contributed by atoms with Crippen molar-refractivity contribution in [3.63, 3.8) is 0 Å². The average molecular weight is 741 g/mol. The predicted molar refractivity (Wildman–Crippen MR) is 208 cm³/mol. The van der Waals surface area contributed by atoms with Crippen LogP contribution in [-0.4, -0.2) is 36.4 Å². The van der Waals surface area contributed by atoms with Gasteiger partial charge in [-0.25, -0.2) is 23.1 Å². The molecule has 5 N–H and O–H groups in total. The number of aldehydes is 1. The van der Waals surface area contributed by atoms with Crippen molar-refractivity contribution < 1.29 is 28.2 Å². The summed E-state index contributed by atoms with van der Waals surface area (Å²) in [5.74, 6) is -0.419. The van der Waals surface area contributed by atoms with Crippen LogP contribution in [0.3, 0.4) is 0 Å². The van der Waals surface area contributed by atoms with E-state index in [0.29, 0.717) is 46.1 Å². The lowest BCUT2D eigenvalue weighted by molar-refractivity contribution is 0.111. The van der Waals surface area contributed by atoms with Crippen LogP contribution in [0.5, 0.6) is 11.5 Å². The molecule has 8 rings (SSSR count). The van der Waals surface area contributed by atoms with Crippen LogP contribution in [0.1, 0.15) is 33.1 Å². The molecule has 0 spiro atoms. The Labute approximate surface area is 314 Å². The predicted octanol–water partition coefficient (Wildman–Crippen LogP) is 9.37. The number of benzene rings is 4. The highest BCUT2D eigenvalue weighted by Gasteiger charge is 2.23. The maximum absolute atomic E-state index is 14.8. The monoisotopic (exact) mass is 740 g/mol. The van der Waals surface area contributed by atoms with Crippen molar-refractivity contribution in [2.45, 2.75) is 13.0 Å². The van der Waals surface area contributed by atoms with Gasteiger partial charge in [0, 0.05) is 52.8 Å². The van der Waals surface area contributed by atoms with Crippen LogP contribution >= 0.6 is 0 Å². The number of carbonyl (C=O) groups excluding carboxylic acids is 1. The van der Waals surface area contributed by atoms with Crippen molar-refractivity contribution in [1.82, 2.24) is 19.9 Å². The number of para-hydroxylation sites is 1. The number of rotatable bonds is 5. The second-order valence-corrected chi connectivity index (χ2v) is 11.8. The van der Waals surface area contributed by atoms with Crippen LogP contribution in [0.2, 0.25) is 0 Å². The number of halogens is 3. The standard InChI is InChI=1S/C22H18FN3O.C9H7NO.C7H4F2O.C5H6N2/c1-14-7-9-16(18(23)13-14)21(26-19-6-2-3-11-24-19)17-10-8-15-5-4-12-25-20(15)22(17)27;11-8-5-1-3-7-4-2-6-10-9(7)8;8-6-2-1-5(4-10)7(9)3-6;6-5-3-1-2-4-7-5/h2-13,21,27H,1H3,(H,24,26);1-6,11H;1-4H;1-4H,(H2,6,7). The lowest BCUT2D eigenvalue weighted by Gasteiger charge is -2.22. The maximum Gasteiger partial charge on any atom is 0.152 e. The van der Waals surface area contributed by atoms with Crippen LogP contribution in [0, 0.1) is 24.4 Å². The van der Waals surface area contributed by atoms with Crippen LogP contribution in [-0.2, 0) is 0 Å². The maximum atomic E-state index is 14.8. The van der Waals surface area contributed by atoms with Gasteiger partial charge in [0.2, 0.25) is 0 Å². The Morgan fingerprint density at radius 2 is 1.29 bits per heavy atom. The second kappa shape index (κ2) is 18.9. The van der Waals surface area contributed by atoms with Gasteiger partial charge in [0.05, 0.1) is 11.6 Å². The van der Waals surface area contributed by atoms with Gasteiger partial charge in [-0.05, 0) is 73.2 Å². The summed E-state index contributed by atoms with van der Waals surface area (Å²) in [4.78, 5) is 26.3. The first-order chi connectivity index (χ1) is 26.6. The fraction of sp³-hybridized carbons (Fsp3) is 0.0465. The number of phenols is 2. The Morgan fingerprint density at radius 3 is 1.89 bits per heavy atom. The summed E-state index contributed by atoms with van der Waals surface area (Å²) in [6.07, 6.45) is 6.96. The van der Waals surface area contributed by atoms with Crippen molar-refractivity contribution in [1.29, 1.82) is 0 Å². The van der Waals surface area contributed by atoms with E-state index in [0.717, 1.165) is 28.5 Å². The van der Waals surface area contributed by atoms with E-state index in [2.05, 4.69) is 25.3 Å². The zero-order valence-electron chi connectivity index (χ0n) is 29.4. The highest BCUT2D eigenvalue weighted by molar-refractivity contribution is 5.86. The summed E-state index contributed by atoms with van der Waals surface area (Å²) in [6.45, 7) is 1.84. The number of hydrogen-bond acceptors (Lipinski definition) is 9. The Hall–Kier alpha value is -7.34. The molecule has 55 heavy (non-hydrogen) atoms. The number of aromatic hydroxyl groups is 2. The molecule has 1 atom stereocenters. The number of hydrogen-bond donors (Lipinski definition) is 4. The SMILES string of the molecule is Cc1ccc(C(Nc2ccccn2)c2ccc3cccnc3c2O)c(F)c1.Nc1ccccn1.O=Cc1ccc(F)cc1F.Oc1cccc2cccnc12. The van der Waals surface area contributed by atoms with E-state index in [9.17, 15) is 28.2 Å². The van der Waals surface area contributed by atoms with Crippen molar-refractivity contribution in [3.05, 3.63) is 192 Å². The molecule has 0 fully saturated rings. The first kappa shape index (κ1) is 38.9. The Morgan fingerprint density at radius 1 is 0.636 bits per heavy atom. The summed E-state index contributed by atoms with van der Waals surface area (Å²) in [7, 11) is 0. The first-order valence-corrected chi connectivity index (χ1v) is 16.7. The molecule has 4 aromatic heterocycles. The number of aromatic nitrogens is 4. The molecule has 276 valence electrons. The molecule has 1 unspecified atom stereocenters. The van der Waals surface area contributed by atoms with Gasteiger partial charge in [-0.15, -0.1) is 0 Å². The molecule has 4 heterocycles. The van der Waals surface area contributed by atoms with E-state index < -0.39 is 17.7 Å². The fourth-order valence-electron chi connectivity index (χ4n) is 5.22. The van der Waals surface area contributed by atoms with Crippen LogP contribution in [0.4, 0.5) is 24.8 Å². The minimum absolute atomic E-state index is 0.0292. The molecular formula is C43H35F3N6O3. The summed E-state index contributed by atoms with van der Waals surface area (Å²) in [6, 6.07) is 34.6. The largest absolute Gasteiger partial charge is 0.506 e. The highest BCUT2D eigenvalue weighted by Crippen LogP contribution is 2.37. The summed E-state index contributed by atoms with van der Waals surface area (Å²) in [5.41, 5.74) is 8.06. The lowest BCUT2D eigenvalue weighted by Crippen LogP contribution is -2.15. The molecule has 0 bridgehead atoms. The third-order valence-corrected chi connectivity index (χ3v) is 7.90. The van der Waals surface area contributed by atoms with Crippen molar-refractivity contribution >= 4 is 39.7 Å². The van der Waals surface area contributed by atoms with Crippen molar-refractivity contribution in [2.75, 3.05) is 11.1 Å². The third-order valence-electron chi connectivity index (χ3n) is 7.90. The van der Waals surface area contributed by atoms with Gasteiger partial charge < -0.3 is 21.3 Å².